The molecule has 2 aliphatic rings. The molecule has 1 N–H and O–H groups in total. The van der Waals surface area contributed by atoms with E-state index >= 15 is 0 Å². The van der Waals surface area contributed by atoms with Gasteiger partial charge in [0, 0.05) is 19.6 Å². The van der Waals surface area contributed by atoms with E-state index in [0.717, 1.165) is 24.1 Å². The van der Waals surface area contributed by atoms with E-state index in [1.54, 1.807) is 12.1 Å². The van der Waals surface area contributed by atoms with Crippen molar-refractivity contribution in [3.8, 4) is 11.5 Å². The van der Waals surface area contributed by atoms with E-state index in [2.05, 4.69) is 24.0 Å². The summed E-state index contributed by atoms with van der Waals surface area (Å²) in [5.74, 6) is 3.40. The van der Waals surface area contributed by atoms with Gasteiger partial charge in [-0.15, -0.1) is 0 Å². The SMILES string of the molecule is CC(CN1C[C@H]2CC(Oc3ccccc3)C[C@H]2C1)c1ccc(O)cc1. The lowest BCUT2D eigenvalue weighted by atomic mass is 10.0. The van der Waals surface area contributed by atoms with E-state index in [1.165, 1.54) is 31.5 Å². The Labute approximate surface area is 150 Å². The number of nitrogens with zero attached hydrogens (tertiary/aromatic N) is 1. The molecular weight excluding hydrogens is 310 g/mol. The highest BCUT2D eigenvalue weighted by molar-refractivity contribution is 5.28. The summed E-state index contributed by atoms with van der Waals surface area (Å²) in [6, 6.07) is 17.9. The average molecular weight is 337 g/mol. The second-order valence-electron chi connectivity index (χ2n) is 7.76. The molecule has 2 fully saturated rings. The van der Waals surface area contributed by atoms with Gasteiger partial charge in [-0.3, -0.25) is 0 Å². The van der Waals surface area contributed by atoms with Crippen molar-refractivity contribution in [1.82, 2.24) is 4.90 Å². The number of hydrogen-bond acceptors (Lipinski definition) is 3. The van der Waals surface area contributed by atoms with Crippen molar-refractivity contribution in [2.24, 2.45) is 11.8 Å². The third-order valence-corrected chi connectivity index (χ3v) is 5.82. The first-order chi connectivity index (χ1) is 12.2. The highest BCUT2D eigenvalue weighted by Crippen LogP contribution is 2.40. The molecule has 3 nitrogen and oxygen atoms in total. The summed E-state index contributed by atoms with van der Waals surface area (Å²) in [7, 11) is 0. The molecule has 2 unspecified atom stereocenters. The second-order valence-corrected chi connectivity index (χ2v) is 7.76. The molecule has 1 saturated heterocycles. The molecule has 2 aromatic rings. The Morgan fingerprint density at radius 2 is 1.64 bits per heavy atom. The van der Waals surface area contributed by atoms with Gasteiger partial charge in [-0.1, -0.05) is 37.3 Å². The molecule has 0 aromatic heterocycles. The number of fused-ring (bicyclic) bond motifs is 1. The van der Waals surface area contributed by atoms with Gasteiger partial charge in [0.25, 0.3) is 0 Å². The van der Waals surface area contributed by atoms with E-state index in [9.17, 15) is 5.11 Å². The van der Waals surface area contributed by atoms with Crippen molar-refractivity contribution < 1.29 is 9.84 Å². The van der Waals surface area contributed by atoms with Crippen molar-refractivity contribution in [3.63, 3.8) is 0 Å². The summed E-state index contributed by atoms with van der Waals surface area (Å²) in [4.78, 5) is 2.62. The van der Waals surface area contributed by atoms with Crippen molar-refractivity contribution in [1.29, 1.82) is 0 Å². The molecule has 25 heavy (non-hydrogen) atoms. The van der Waals surface area contributed by atoms with Crippen LogP contribution in [-0.2, 0) is 0 Å². The van der Waals surface area contributed by atoms with Crippen LogP contribution in [0.3, 0.4) is 0 Å². The molecular formula is C22H27NO2. The maximum atomic E-state index is 9.44. The zero-order valence-corrected chi connectivity index (χ0v) is 14.8. The summed E-state index contributed by atoms with van der Waals surface area (Å²) in [6.45, 7) is 5.77. The molecule has 1 heterocycles. The minimum atomic E-state index is 0.344. The van der Waals surface area contributed by atoms with Crippen molar-refractivity contribution in [2.45, 2.75) is 31.8 Å². The molecule has 1 aliphatic heterocycles. The van der Waals surface area contributed by atoms with Crippen LogP contribution in [0.15, 0.2) is 54.6 Å². The van der Waals surface area contributed by atoms with E-state index in [-0.39, 0.29) is 0 Å². The molecule has 0 spiro atoms. The summed E-state index contributed by atoms with van der Waals surface area (Å²) < 4.78 is 6.17. The Hall–Kier alpha value is -2.00. The Morgan fingerprint density at radius 1 is 1.00 bits per heavy atom. The van der Waals surface area contributed by atoms with Crippen LogP contribution in [0.25, 0.3) is 0 Å². The Balaban J connectivity index is 1.28. The van der Waals surface area contributed by atoms with Crippen LogP contribution in [0.2, 0.25) is 0 Å². The molecule has 1 saturated carbocycles. The van der Waals surface area contributed by atoms with Crippen molar-refractivity contribution in [2.75, 3.05) is 19.6 Å². The predicted molar refractivity (Wildman–Crippen MR) is 100 cm³/mol. The van der Waals surface area contributed by atoms with Crippen LogP contribution in [0.4, 0.5) is 0 Å². The number of rotatable bonds is 5. The maximum Gasteiger partial charge on any atom is 0.119 e. The third kappa shape index (κ3) is 3.82. The fourth-order valence-electron chi connectivity index (χ4n) is 4.57. The molecule has 0 radical (unpaired) electrons. The standard InChI is InChI=1S/C22H27NO2/c1-16(17-7-9-20(24)10-8-17)13-23-14-18-11-22(12-19(18)15-23)25-21-5-3-2-4-6-21/h2-10,16,18-19,22,24H,11-15H2,1H3/t16?,18-,19+,22?. The number of hydrogen-bond donors (Lipinski definition) is 1. The van der Waals surface area contributed by atoms with Crippen molar-refractivity contribution >= 4 is 0 Å². The molecule has 2 aromatic carbocycles. The largest absolute Gasteiger partial charge is 0.508 e. The summed E-state index contributed by atoms with van der Waals surface area (Å²) in [5, 5.41) is 9.44. The molecule has 3 heteroatoms. The quantitative estimate of drug-likeness (QED) is 0.884. The molecule has 132 valence electrons. The summed E-state index contributed by atoms with van der Waals surface area (Å²) in [5.41, 5.74) is 1.31. The number of phenols is 1. The molecule has 0 bridgehead atoms. The number of phenolic OH excluding ortho intramolecular Hbond substituents is 1. The molecule has 4 rings (SSSR count). The first-order valence-electron chi connectivity index (χ1n) is 9.40. The average Bonchev–Trinajstić information content (AvgIpc) is 3.14. The smallest absolute Gasteiger partial charge is 0.119 e. The fraction of sp³-hybridized carbons (Fsp3) is 0.455. The Morgan fingerprint density at radius 3 is 2.28 bits per heavy atom. The topological polar surface area (TPSA) is 32.7 Å². The van der Waals surface area contributed by atoms with Crippen LogP contribution in [0.1, 0.15) is 31.2 Å². The fourth-order valence-corrected chi connectivity index (χ4v) is 4.57. The minimum Gasteiger partial charge on any atom is -0.508 e. The van der Waals surface area contributed by atoms with Crippen LogP contribution >= 0.6 is 0 Å². The minimum absolute atomic E-state index is 0.344. The maximum absolute atomic E-state index is 9.44. The van der Waals surface area contributed by atoms with Gasteiger partial charge < -0.3 is 14.7 Å². The van der Waals surface area contributed by atoms with Crippen molar-refractivity contribution in [3.05, 3.63) is 60.2 Å². The highest BCUT2D eigenvalue weighted by Gasteiger charge is 2.41. The van der Waals surface area contributed by atoms with Gasteiger partial charge >= 0.3 is 0 Å². The zero-order valence-electron chi connectivity index (χ0n) is 14.8. The van der Waals surface area contributed by atoms with Gasteiger partial charge in [-0.2, -0.15) is 0 Å². The molecule has 0 amide bonds. The first kappa shape index (κ1) is 16.5. The summed E-state index contributed by atoms with van der Waals surface area (Å²) in [6.07, 6.45) is 2.75. The number of ether oxygens (including phenoxy) is 1. The lowest BCUT2D eigenvalue weighted by molar-refractivity contribution is 0.184. The zero-order chi connectivity index (χ0) is 17.2. The third-order valence-electron chi connectivity index (χ3n) is 5.82. The Kier molecular flexibility index (Phi) is 4.67. The number of benzene rings is 2. The lowest BCUT2D eigenvalue weighted by Crippen LogP contribution is -2.28. The van der Waals surface area contributed by atoms with Crippen LogP contribution in [0.5, 0.6) is 11.5 Å². The predicted octanol–water partition coefficient (Wildman–Crippen LogP) is 4.29. The van der Waals surface area contributed by atoms with Gasteiger partial charge in [-0.05, 0) is 60.4 Å². The first-order valence-corrected chi connectivity index (χ1v) is 9.40. The van der Waals surface area contributed by atoms with Crippen LogP contribution in [-0.4, -0.2) is 35.7 Å². The number of aromatic hydroxyl groups is 1. The monoisotopic (exact) mass is 337 g/mol. The lowest BCUT2D eigenvalue weighted by Gasteiger charge is -2.23. The molecule has 4 atom stereocenters. The second kappa shape index (κ2) is 7.09. The van der Waals surface area contributed by atoms with Crippen LogP contribution in [0, 0.1) is 11.8 Å². The van der Waals surface area contributed by atoms with E-state index in [0.29, 0.717) is 17.8 Å². The van der Waals surface area contributed by atoms with Gasteiger partial charge in [0.15, 0.2) is 0 Å². The van der Waals surface area contributed by atoms with Gasteiger partial charge in [0.1, 0.15) is 11.5 Å². The van der Waals surface area contributed by atoms with Gasteiger partial charge in [-0.25, -0.2) is 0 Å². The van der Waals surface area contributed by atoms with E-state index in [4.69, 9.17) is 4.74 Å². The Bertz CT molecular complexity index is 671. The van der Waals surface area contributed by atoms with Crippen LogP contribution < -0.4 is 4.74 Å². The number of para-hydroxylation sites is 1. The molecule has 1 aliphatic carbocycles. The summed E-state index contributed by atoms with van der Waals surface area (Å²) >= 11 is 0. The normalized spacial score (nSPS) is 27.2. The van der Waals surface area contributed by atoms with Gasteiger partial charge in [0.05, 0.1) is 6.10 Å². The van der Waals surface area contributed by atoms with E-state index in [1.807, 2.05) is 30.3 Å². The number of likely N-dealkylation sites (tertiary alicyclic amines) is 1. The van der Waals surface area contributed by atoms with Gasteiger partial charge in [0.2, 0.25) is 0 Å². The van der Waals surface area contributed by atoms with E-state index < -0.39 is 0 Å². The highest BCUT2D eigenvalue weighted by atomic mass is 16.5.